The molecule has 0 aromatic heterocycles. The highest BCUT2D eigenvalue weighted by Gasteiger charge is 2.08. The smallest absolute Gasteiger partial charge is 0.255 e. The number of rotatable bonds is 8. The monoisotopic (exact) mass is 374 g/mol. The number of carbonyl (C=O) groups is 1. The minimum Gasteiger partial charge on any atom is -0.494 e. The zero-order valence-corrected chi connectivity index (χ0v) is 16.4. The lowest BCUT2D eigenvalue weighted by Gasteiger charge is -2.12. The molecule has 144 valence electrons. The van der Waals surface area contributed by atoms with Crippen LogP contribution in [-0.2, 0) is 13.0 Å². The fourth-order valence-corrected chi connectivity index (χ4v) is 3.03. The predicted octanol–water partition coefficient (Wildman–Crippen LogP) is 5.51. The van der Waals surface area contributed by atoms with E-state index >= 15 is 0 Å². The molecule has 0 saturated heterocycles. The number of hydrogen-bond acceptors (Lipinski definition) is 3. The summed E-state index contributed by atoms with van der Waals surface area (Å²) in [7, 11) is 0. The molecule has 0 heterocycles. The second-order valence-corrected chi connectivity index (χ2v) is 6.48. The van der Waals surface area contributed by atoms with E-state index in [0.717, 1.165) is 29.1 Å². The zero-order chi connectivity index (χ0) is 19.8. The molecule has 3 rings (SSSR count). The third-order valence-corrected chi connectivity index (χ3v) is 4.49. The van der Waals surface area contributed by atoms with Gasteiger partial charge in [0.2, 0.25) is 0 Å². The second-order valence-electron chi connectivity index (χ2n) is 6.48. The predicted molar refractivity (Wildman–Crippen MR) is 115 cm³/mol. The minimum absolute atomic E-state index is 0.125. The van der Waals surface area contributed by atoms with Gasteiger partial charge in [-0.3, -0.25) is 4.79 Å². The minimum atomic E-state index is -0.125. The molecule has 28 heavy (non-hydrogen) atoms. The van der Waals surface area contributed by atoms with Crippen LogP contribution in [0.4, 0.5) is 11.4 Å². The van der Waals surface area contributed by atoms with E-state index in [1.807, 2.05) is 61.5 Å². The average Bonchev–Trinajstić information content (AvgIpc) is 2.74. The Bertz CT molecular complexity index is 920. The first kappa shape index (κ1) is 19.5. The van der Waals surface area contributed by atoms with Crippen molar-refractivity contribution in [1.29, 1.82) is 0 Å². The summed E-state index contributed by atoms with van der Waals surface area (Å²) in [5.41, 5.74) is 4.86. The molecule has 0 radical (unpaired) electrons. The Balaban J connectivity index is 1.64. The highest BCUT2D eigenvalue weighted by Crippen LogP contribution is 2.18. The first-order chi connectivity index (χ1) is 13.7. The lowest BCUT2D eigenvalue weighted by atomic mass is 10.1. The summed E-state index contributed by atoms with van der Waals surface area (Å²) in [6, 6.07) is 23.4. The van der Waals surface area contributed by atoms with Crippen LogP contribution in [0.1, 0.15) is 35.3 Å². The topological polar surface area (TPSA) is 50.4 Å². The standard InChI is InChI=1S/C24H26N2O2/c1-3-19-9-5-6-11-23(19)25-17-18-8-7-10-20(16-18)24(27)26-21-12-14-22(15-13-21)28-4-2/h5-16,25H,3-4,17H2,1-2H3,(H,26,27). The van der Waals surface area contributed by atoms with Gasteiger partial charge in [0, 0.05) is 23.5 Å². The van der Waals surface area contributed by atoms with E-state index in [4.69, 9.17) is 4.74 Å². The van der Waals surface area contributed by atoms with Crippen LogP contribution in [0.15, 0.2) is 72.8 Å². The van der Waals surface area contributed by atoms with Gasteiger partial charge < -0.3 is 15.4 Å². The van der Waals surface area contributed by atoms with E-state index in [1.165, 1.54) is 5.56 Å². The van der Waals surface area contributed by atoms with Crippen molar-refractivity contribution in [2.24, 2.45) is 0 Å². The Kier molecular flexibility index (Phi) is 6.68. The van der Waals surface area contributed by atoms with Gasteiger partial charge in [0.05, 0.1) is 6.61 Å². The van der Waals surface area contributed by atoms with Gasteiger partial charge in [0.15, 0.2) is 0 Å². The number of benzene rings is 3. The molecule has 3 aromatic carbocycles. The molecule has 0 saturated carbocycles. The molecule has 4 heteroatoms. The van der Waals surface area contributed by atoms with Crippen LogP contribution in [0.25, 0.3) is 0 Å². The number of hydrogen-bond donors (Lipinski definition) is 2. The number of para-hydroxylation sites is 1. The van der Waals surface area contributed by atoms with Crippen molar-refractivity contribution in [1.82, 2.24) is 0 Å². The first-order valence-corrected chi connectivity index (χ1v) is 9.64. The molecule has 3 aromatic rings. The maximum absolute atomic E-state index is 12.6. The van der Waals surface area contributed by atoms with Crippen LogP contribution < -0.4 is 15.4 Å². The zero-order valence-electron chi connectivity index (χ0n) is 16.4. The van der Waals surface area contributed by atoms with Crippen LogP contribution in [0, 0.1) is 0 Å². The van der Waals surface area contributed by atoms with Crippen LogP contribution in [0.2, 0.25) is 0 Å². The number of anilines is 2. The van der Waals surface area contributed by atoms with E-state index in [0.29, 0.717) is 18.7 Å². The van der Waals surface area contributed by atoms with Gasteiger partial charge in [-0.05, 0) is 66.9 Å². The molecule has 0 atom stereocenters. The summed E-state index contributed by atoms with van der Waals surface area (Å²) >= 11 is 0. The molecule has 0 aliphatic heterocycles. The quantitative estimate of drug-likeness (QED) is 0.546. The summed E-state index contributed by atoms with van der Waals surface area (Å²) in [5.74, 6) is 0.667. The Morgan fingerprint density at radius 3 is 2.46 bits per heavy atom. The van der Waals surface area contributed by atoms with Gasteiger partial charge in [-0.1, -0.05) is 37.3 Å². The van der Waals surface area contributed by atoms with Crippen molar-refractivity contribution in [2.45, 2.75) is 26.8 Å². The largest absolute Gasteiger partial charge is 0.494 e. The molecule has 0 unspecified atom stereocenters. The fourth-order valence-electron chi connectivity index (χ4n) is 3.03. The number of amides is 1. The van der Waals surface area contributed by atoms with Crippen molar-refractivity contribution < 1.29 is 9.53 Å². The summed E-state index contributed by atoms with van der Waals surface area (Å²) < 4.78 is 5.43. The van der Waals surface area contributed by atoms with Crippen molar-refractivity contribution in [2.75, 3.05) is 17.2 Å². The SMILES string of the molecule is CCOc1ccc(NC(=O)c2cccc(CNc3ccccc3CC)c2)cc1. The summed E-state index contributed by atoms with van der Waals surface area (Å²) in [4.78, 5) is 12.6. The molecule has 0 aliphatic rings. The summed E-state index contributed by atoms with van der Waals surface area (Å²) in [5, 5.41) is 6.40. The Hall–Kier alpha value is -3.27. The lowest BCUT2D eigenvalue weighted by molar-refractivity contribution is 0.102. The van der Waals surface area contributed by atoms with Gasteiger partial charge >= 0.3 is 0 Å². The molecule has 4 nitrogen and oxygen atoms in total. The molecule has 0 bridgehead atoms. The van der Waals surface area contributed by atoms with Gasteiger partial charge in [-0.2, -0.15) is 0 Å². The van der Waals surface area contributed by atoms with E-state index < -0.39 is 0 Å². The third kappa shape index (κ3) is 5.13. The van der Waals surface area contributed by atoms with E-state index in [9.17, 15) is 4.79 Å². The maximum Gasteiger partial charge on any atom is 0.255 e. The third-order valence-electron chi connectivity index (χ3n) is 4.49. The summed E-state index contributed by atoms with van der Waals surface area (Å²) in [6.07, 6.45) is 0.980. The normalized spacial score (nSPS) is 10.4. The highest BCUT2D eigenvalue weighted by atomic mass is 16.5. The lowest BCUT2D eigenvalue weighted by Crippen LogP contribution is -2.12. The summed E-state index contributed by atoms with van der Waals surface area (Å²) in [6.45, 7) is 5.38. The number of carbonyl (C=O) groups excluding carboxylic acids is 1. The second kappa shape index (κ2) is 9.60. The van der Waals surface area contributed by atoms with Gasteiger partial charge in [0.25, 0.3) is 5.91 Å². The molecule has 0 aliphatic carbocycles. The van der Waals surface area contributed by atoms with Crippen LogP contribution in [-0.4, -0.2) is 12.5 Å². The van der Waals surface area contributed by atoms with Crippen LogP contribution in [0.3, 0.4) is 0 Å². The first-order valence-electron chi connectivity index (χ1n) is 9.64. The highest BCUT2D eigenvalue weighted by molar-refractivity contribution is 6.04. The average molecular weight is 374 g/mol. The van der Waals surface area contributed by atoms with E-state index in [-0.39, 0.29) is 5.91 Å². The maximum atomic E-state index is 12.6. The molecule has 0 fully saturated rings. The molecule has 1 amide bonds. The van der Waals surface area contributed by atoms with E-state index in [1.54, 1.807) is 0 Å². The number of aryl methyl sites for hydroxylation is 1. The number of ether oxygens (including phenoxy) is 1. The van der Waals surface area contributed by atoms with Gasteiger partial charge in [-0.25, -0.2) is 0 Å². The molecule has 2 N–H and O–H groups in total. The Morgan fingerprint density at radius 1 is 0.929 bits per heavy atom. The van der Waals surface area contributed by atoms with Gasteiger partial charge in [-0.15, -0.1) is 0 Å². The van der Waals surface area contributed by atoms with Crippen molar-refractivity contribution >= 4 is 17.3 Å². The van der Waals surface area contributed by atoms with Crippen LogP contribution in [0.5, 0.6) is 5.75 Å². The molecular weight excluding hydrogens is 348 g/mol. The Labute approximate surface area is 166 Å². The molecular formula is C24H26N2O2. The van der Waals surface area contributed by atoms with Crippen LogP contribution >= 0.6 is 0 Å². The fraction of sp³-hybridized carbons (Fsp3) is 0.208. The Morgan fingerprint density at radius 2 is 1.71 bits per heavy atom. The van der Waals surface area contributed by atoms with Gasteiger partial charge in [0.1, 0.15) is 5.75 Å². The molecule has 0 spiro atoms. The van der Waals surface area contributed by atoms with E-state index in [2.05, 4.69) is 35.8 Å². The van der Waals surface area contributed by atoms with Crippen molar-refractivity contribution in [3.05, 3.63) is 89.5 Å². The van der Waals surface area contributed by atoms with Crippen molar-refractivity contribution in [3.8, 4) is 5.75 Å². The number of nitrogens with one attached hydrogen (secondary N) is 2. The van der Waals surface area contributed by atoms with Crippen molar-refractivity contribution in [3.63, 3.8) is 0 Å².